The topological polar surface area (TPSA) is 230 Å². The number of aromatic nitrogens is 3. The predicted molar refractivity (Wildman–Crippen MR) is 272 cm³/mol. The maximum absolute atomic E-state index is 14.3. The lowest BCUT2D eigenvalue weighted by atomic mass is 9.83. The van der Waals surface area contributed by atoms with Crippen LogP contribution in [-0.4, -0.2) is 175 Å². The maximum Gasteiger partial charge on any atom is 0.407 e. The van der Waals surface area contributed by atoms with E-state index in [1.54, 1.807) is 66.9 Å². The number of carbonyl (C=O) groups excluding carboxylic acids is 4. The van der Waals surface area contributed by atoms with Crippen LogP contribution in [0.5, 0.6) is 11.5 Å². The summed E-state index contributed by atoms with van der Waals surface area (Å²) in [5.74, 6) is 0.721. The van der Waals surface area contributed by atoms with Crippen LogP contribution < -0.4 is 25.4 Å². The van der Waals surface area contributed by atoms with Gasteiger partial charge in [0.25, 0.3) is 5.91 Å². The van der Waals surface area contributed by atoms with Gasteiger partial charge in [-0.1, -0.05) is 43.0 Å². The second-order valence-corrected chi connectivity index (χ2v) is 19.3. The molecule has 0 spiro atoms. The molecule has 1 saturated carbocycles. The van der Waals surface area contributed by atoms with Crippen LogP contribution in [0.25, 0.3) is 0 Å². The second kappa shape index (κ2) is 26.0. The van der Waals surface area contributed by atoms with Gasteiger partial charge in [0.2, 0.25) is 23.5 Å². The summed E-state index contributed by atoms with van der Waals surface area (Å²) in [5.41, 5.74) is 1.83. The van der Waals surface area contributed by atoms with Gasteiger partial charge >= 0.3 is 6.09 Å². The van der Waals surface area contributed by atoms with Crippen molar-refractivity contribution in [1.82, 2.24) is 39.9 Å². The van der Waals surface area contributed by atoms with Crippen molar-refractivity contribution in [3.63, 3.8) is 0 Å². The van der Waals surface area contributed by atoms with Crippen molar-refractivity contribution in [2.24, 2.45) is 5.92 Å². The van der Waals surface area contributed by atoms with E-state index < -0.39 is 24.1 Å². The quantitative estimate of drug-likeness (QED) is 0.0478. The summed E-state index contributed by atoms with van der Waals surface area (Å²) in [7, 11) is 4.60. The molecule has 3 atom stereocenters. The van der Waals surface area contributed by atoms with Gasteiger partial charge in [0.1, 0.15) is 51.7 Å². The minimum Gasteiger partial charge on any atom is -0.495 e. The summed E-state index contributed by atoms with van der Waals surface area (Å²) in [6.45, 7) is 7.30. The Kier molecular flexibility index (Phi) is 19.4. The molecule has 3 fully saturated rings. The Balaban J connectivity index is 0.794. The highest BCUT2D eigenvalue weighted by atomic mass is 35.5. The second-order valence-electron chi connectivity index (χ2n) is 18.0. The van der Waals surface area contributed by atoms with Gasteiger partial charge in [-0.05, 0) is 68.9 Å². The lowest BCUT2D eigenvalue weighted by Gasteiger charge is -2.35. The van der Waals surface area contributed by atoms with Crippen molar-refractivity contribution < 1.29 is 48.0 Å². The van der Waals surface area contributed by atoms with E-state index in [0.717, 1.165) is 63.1 Å². The van der Waals surface area contributed by atoms with E-state index in [1.807, 2.05) is 4.90 Å². The summed E-state index contributed by atoms with van der Waals surface area (Å²) in [6.07, 6.45) is 6.28. The van der Waals surface area contributed by atoms with Gasteiger partial charge < -0.3 is 49.8 Å². The molecule has 7 rings (SSSR count). The number of ketones is 1. The highest BCUT2D eigenvalue weighted by Crippen LogP contribution is 2.37. The van der Waals surface area contributed by atoms with Crippen LogP contribution in [-0.2, 0) is 19.1 Å². The number of carbonyl (C=O) groups is 5. The average Bonchev–Trinajstić information content (AvgIpc) is 4.11. The van der Waals surface area contributed by atoms with E-state index in [0.29, 0.717) is 103 Å². The molecule has 2 aliphatic heterocycles. The SMILES string of the molecule is CNc1nc(Nc2ccc(C(=O)N3CCN(CCOCCOCCOc4cccc(C(=O)c5csc([C@@H]6CCCN6C(=O)C(NC(=O)C(C)N(C)C(=O)O)C6CCCCC6)n5)c4)CC3)cc2OC)ncc1Cl. The molecular formula is C50H65ClN10O10S. The highest BCUT2D eigenvalue weighted by molar-refractivity contribution is 7.10. The first-order valence-corrected chi connectivity index (χ1v) is 25.7. The number of anilines is 3. The zero-order valence-electron chi connectivity index (χ0n) is 41.3. The first kappa shape index (κ1) is 53.7. The van der Waals surface area contributed by atoms with Crippen LogP contribution in [0.3, 0.4) is 0 Å². The number of rotatable bonds is 23. The third kappa shape index (κ3) is 13.9. The third-order valence-electron chi connectivity index (χ3n) is 13.4. The number of nitrogens with one attached hydrogen (secondary N) is 3. The molecule has 388 valence electrons. The lowest BCUT2D eigenvalue weighted by molar-refractivity contribution is -0.140. The summed E-state index contributed by atoms with van der Waals surface area (Å²) < 4.78 is 23.1. The fourth-order valence-electron chi connectivity index (χ4n) is 9.09. The molecule has 2 aromatic carbocycles. The molecule has 1 aliphatic carbocycles. The Labute approximate surface area is 428 Å². The Morgan fingerprint density at radius 2 is 1.65 bits per heavy atom. The summed E-state index contributed by atoms with van der Waals surface area (Å²) in [4.78, 5) is 86.3. The minimum absolute atomic E-state index is 0.0563. The van der Waals surface area contributed by atoms with Gasteiger partial charge in [0, 0.05) is 69.9 Å². The van der Waals surface area contributed by atoms with E-state index in [9.17, 15) is 29.1 Å². The number of methoxy groups -OCH3 is 1. The van der Waals surface area contributed by atoms with Crippen LogP contribution in [0.4, 0.5) is 22.2 Å². The van der Waals surface area contributed by atoms with E-state index >= 15 is 0 Å². The number of hydrogen-bond donors (Lipinski definition) is 4. The maximum atomic E-state index is 14.3. The smallest absolute Gasteiger partial charge is 0.407 e. The van der Waals surface area contributed by atoms with Crippen molar-refractivity contribution in [3.8, 4) is 11.5 Å². The molecule has 4 aromatic rings. The number of piperazine rings is 1. The predicted octanol–water partition coefficient (Wildman–Crippen LogP) is 6.21. The Morgan fingerprint density at radius 1 is 0.903 bits per heavy atom. The lowest BCUT2D eigenvalue weighted by Crippen LogP contribution is -2.56. The van der Waals surface area contributed by atoms with Gasteiger partial charge in [0.15, 0.2) is 0 Å². The number of hydrogen-bond acceptors (Lipinski definition) is 16. The number of likely N-dealkylation sites (tertiary alicyclic amines) is 1. The van der Waals surface area contributed by atoms with Crippen LogP contribution >= 0.6 is 22.9 Å². The highest BCUT2D eigenvalue weighted by Gasteiger charge is 2.41. The number of carboxylic acid groups (broad SMARTS) is 1. The number of thiazole rings is 1. The van der Waals surface area contributed by atoms with E-state index in [1.165, 1.54) is 31.5 Å². The number of nitrogens with zero attached hydrogens (tertiary/aromatic N) is 7. The van der Waals surface area contributed by atoms with Gasteiger partial charge in [-0.25, -0.2) is 14.8 Å². The number of amides is 4. The molecule has 22 heteroatoms. The fraction of sp³-hybridized carbons (Fsp3) is 0.520. The van der Waals surface area contributed by atoms with Crippen LogP contribution in [0.2, 0.25) is 5.02 Å². The van der Waals surface area contributed by atoms with Crippen molar-refractivity contribution in [1.29, 1.82) is 0 Å². The molecule has 0 bridgehead atoms. The number of likely N-dealkylation sites (N-methyl/N-ethyl adjacent to an activating group) is 1. The van der Waals surface area contributed by atoms with Gasteiger partial charge in [0.05, 0.1) is 51.5 Å². The normalized spacial score (nSPS) is 17.2. The molecule has 2 saturated heterocycles. The first-order valence-electron chi connectivity index (χ1n) is 24.5. The zero-order valence-corrected chi connectivity index (χ0v) is 42.8. The van der Waals surface area contributed by atoms with Gasteiger partial charge in [-0.15, -0.1) is 11.3 Å². The molecule has 2 aromatic heterocycles. The minimum atomic E-state index is -1.23. The van der Waals surface area contributed by atoms with Crippen LogP contribution in [0, 0.1) is 5.92 Å². The summed E-state index contributed by atoms with van der Waals surface area (Å²) in [5, 5.41) is 21.2. The number of ether oxygens (including phenoxy) is 4. The van der Waals surface area contributed by atoms with Crippen molar-refractivity contribution in [2.45, 2.75) is 70.0 Å². The monoisotopic (exact) mass is 1030 g/mol. The van der Waals surface area contributed by atoms with Crippen LogP contribution in [0.1, 0.15) is 89.3 Å². The van der Waals surface area contributed by atoms with E-state index in [-0.39, 0.29) is 41.9 Å². The summed E-state index contributed by atoms with van der Waals surface area (Å²) in [6, 6.07) is 10.1. The fourth-order valence-corrected chi connectivity index (χ4v) is 10.2. The first-order chi connectivity index (χ1) is 34.8. The van der Waals surface area contributed by atoms with Gasteiger partial charge in [-0.2, -0.15) is 4.98 Å². The van der Waals surface area contributed by atoms with Crippen molar-refractivity contribution in [3.05, 3.63) is 80.9 Å². The Bertz CT molecular complexity index is 2500. The number of benzene rings is 2. The average molecular weight is 1030 g/mol. The molecular weight excluding hydrogens is 968 g/mol. The molecule has 72 heavy (non-hydrogen) atoms. The molecule has 0 radical (unpaired) electrons. The molecule has 4 heterocycles. The van der Waals surface area contributed by atoms with Crippen molar-refractivity contribution >= 4 is 70.0 Å². The Morgan fingerprint density at radius 3 is 2.39 bits per heavy atom. The largest absolute Gasteiger partial charge is 0.495 e. The van der Waals surface area contributed by atoms with Crippen molar-refractivity contribution in [2.75, 3.05) is 104 Å². The van der Waals surface area contributed by atoms with E-state index in [4.69, 9.17) is 35.5 Å². The number of halogens is 1. The Hall–Kier alpha value is -6.13. The molecule has 3 aliphatic rings. The molecule has 20 nitrogen and oxygen atoms in total. The zero-order chi connectivity index (χ0) is 51.1. The van der Waals surface area contributed by atoms with Crippen LogP contribution in [0.15, 0.2) is 54.0 Å². The third-order valence-corrected chi connectivity index (χ3v) is 14.6. The molecule has 4 amide bonds. The summed E-state index contributed by atoms with van der Waals surface area (Å²) >= 11 is 7.45. The molecule has 4 N–H and O–H groups in total. The molecule has 2 unspecified atom stereocenters. The standard InChI is InChI=1S/C50H65ClN10O10S/c1-32(58(3)50(66)67)45(63)56-42(33-10-6-5-7-11-33)48(65)61-17-9-14-40(61)46-54-39(31-72-46)43(62)34-12-8-13-36(28-34)71-27-26-70-25-24-69-23-22-59-18-20-60(21-19-59)47(64)35-15-16-38(41(29-35)68-4)55-49-53-30-37(51)44(52-2)57-49/h8,12-13,15-16,28-33,40,42H,5-7,9-11,14,17-27H2,1-4H3,(H,56,63)(H,66,67)(H2,52,53,55,57)/t32?,40-,42?/m0/s1. The van der Waals surface area contributed by atoms with Gasteiger partial charge in [-0.3, -0.25) is 29.0 Å². The van der Waals surface area contributed by atoms with E-state index in [2.05, 4.69) is 30.8 Å².